The fraction of sp³-hybridized carbons (Fsp3) is 0.235. The largest absolute Gasteiger partial charge is 0.497 e. The molecule has 9 heteroatoms. The number of sulfonamides is 1. The summed E-state index contributed by atoms with van der Waals surface area (Å²) in [5.74, 6) is 0.227. The molecule has 0 spiro atoms. The van der Waals surface area contributed by atoms with Gasteiger partial charge in [0.2, 0.25) is 10.0 Å². The third-order valence-corrected chi connectivity index (χ3v) is 5.89. The van der Waals surface area contributed by atoms with E-state index in [1.807, 2.05) is 12.1 Å². The van der Waals surface area contributed by atoms with E-state index in [9.17, 15) is 13.2 Å². The van der Waals surface area contributed by atoms with Crippen molar-refractivity contribution in [3.05, 3.63) is 57.6 Å². The molecule has 0 radical (unpaired) electrons. The number of ether oxygens (including phenoxy) is 1. The number of benzene rings is 2. The van der Waals surface area contributed by atoms with Crippen LogP contribution >= 0.6 is 23.2 Å². The van der Waals surface area contributed by atoms with Gasteiger partial charge in [-0.05, 0) is 36.2 Å². The lowest BCUT2D eigenvalue weighted by Crippen LogP contribution is -2.27. The lowest BCUT2D eigenvalue weighted by atomic mass is 10.1. The van der Waals surface area contributed by atoms with Crippen molar-refractivity contribution in [2.24, 2.45) is 0 Å². The fourth-order valence-corrected chi connectivity index (χ4v) is 4.13. The second-order valence-corrected chi connectivity index (χ2v) is 7.89. The molecule has 0 heterocycles. The van der Waals surface area contributed by atoms with E-state index in [0.717, 1.165) is 11.3 Å². The van der Waals surface area contributed by atoms with Crippen LogP contribution in [0.25, 0.3) is 0 Å². The van der Waals surface area contributed by atoms with Crippen LogP contribution in [0.3, 0.4) is 0 Å². The van der Waals surface area contributed by atoms with Gasteiger partial charge < -0.3 is 10.1 Å². The first-order valence-electron chi connectivity index (χ1n) is 7.62. The Kier molecular flexibility index (Phi) is 6.88. The van der Waals surface area contributed by atoms with Crippen molar-refractivity contribution in [3.63, 3.8) is 0 Å². The fourth-order valence-electron chi connectivity index (χ4n) is 2.24. The molecule has 0 aliphatic heterocycles. The molecule has 0 unspecified atom stereocenters. The van der Waals surface area contributed by atoms with E-state index in [-0.39, 0.29) is 27.0 Å². The van der Waals surface area contributed by atoms with E-state index in [4.69, 9.17) is 27.9 Å². The molecular formula is C17H18Cl2N2O4S. The molecular weight excluding hydrogens is 399 g/mol. The normalized spacial score (nSPS) is 11.2. The Morgan fingerprint density at radius 1 is 1.12 bits per heavy atom. The molecule has 2 rings (SSSR count). The lowest BCUT2D eigenvalue weighted by Gasteiger charge is -2.11. The minimum Gasteiger partial charge on any atom is -0.497 e. The summed E-state index contributed by atoms with van der Waals surface area (Å²) in [6, 6.07) is 9.72. The summed E-state index contributed by atoms with van der Waals surface area (Å²) in [7, 11) is -0.900. The molecule has 0 aromatic heterocycles. The number of carbonyl (C=O) groups excluding carboxylic acids is 1. The standard InChI is InChI=1S/C17H18Cl2N2O4S/c1-20-17(22)13-9-16(15(19)10-14(13)18)26(23,24)21-8-7-11-3-5-12(25-2)6-4-11/h3-6,9-10,21H,7-8H2,1-2H3,(H,20,22). The average Bonchev–Trinajstić information content (AvgIpc) is 2.61. The highest BCUT2D eigenvalue weighted by Gasteiger charge is 2.22. The second-order valence-electron chi connectivity index (χ2n) is 5.34. The van der Waals surface area contributed by atoms with Gasteiger partial charge in [-0.3, -0.25) is 4.79 Å². The maximum Gasteiger partial charge on any atom is 0.252 e. The number of halogens is 2. The monoisotopic (exact) mass is 416 g/mol. The molecule has 6 nitrogen and oxygen atoms in total. The zero-order chi connectivity index (χ0) is 19.3. The summed E-state index contributed by atoms with van der Waals surface area (Å²) < 4.78 is 32.6. The molecule has 0 aliphatic carbocycles. The number of hydrogen-bond donors (Lipinski definition) is 2. The Morgan fingerprint density at radius 3 is 2.35 bits per heavy atom. The molecule has 2 N–H and O–H groups in total. The Labute approximate surface area is 162 Å². The number of rotatable bonds is 7. The van der Waals surface area contributed by atoms with Crippen LogP contribution in [0.1, 0.15) is 15.9 Å². The number of methoxy groups -OCH3 is 1. The first-order chi connectivity index (χ1) is 12.3. The molecule has 26 heavy (non-hydrogen) atoms. The highest BCUT2D eigenvalue weighted by atomic mass is 35.5. The van der Waals surface area contributed by atoms with Gasteiger partial charge in [0, 0.05) is 13.6 Å². The van der Waals surface area contributed by atoms with E-state index < -0.39 is 15.9 Å². The van der Waals surface area contributed by atoms with Gasteiger partial charge in [0.1, 0.15) is 10.6 Å². The second kappa shape index (κ2) is 8.73. The number of carbonyl (C=O) groups is 1. The summed E-state index contributed by atoms with van der Waals surface area (Å²) >= 11 is 12.0. The lowest BCUT2D eigenvalue weighted by molar-refractivity contribution is 0.0963. The van der Waals surface area contributed by atoms with Crippen LogP contribution in [0.15, 0.2) is 41.3 Å². The van der Waals surface area contributed by atoms with Gasteiger partial charge in [-0.25, -0.2) is 13.1 Å². The van der Waals surface area contributed by atoms with Crippen molar-refractivity contribution in [2.75, 3.05) is 20.7 Å². The maximum absolute atomic E-state index is 12.5. The molecule has 0 atom stereocenters. The van der Waals surface area contributed by atoms with Crippen molar-refractivity contribution >= 4 is 39.1 Å². The Bertz CT molecular complexity index is 900. The van der Waals surface area contributed by atoms with Crippen LogP contribution in [0.2, 0.25) is 10.0 Å². The van der Waals surface area contributed by atoms with Gasteiger partial charge in [0.25, 0.3) is 5.91 Å². The van der Waals surface area contributed by atoms with Crippen LogP contribution < -0.4 is 14.8 Å². The minimum atomic E-state index is -3.90. The van der Waals surface area contributed by atoms with Crippen molar-refractivity contribution in [2.45, 2.75) is 11.3 Å². The quantitative estimate of drug-likeness (QED) is 0.726. The van der Waals surface area contributed by atoms with E-state index in [0.29, 0.717) is 6.42 Å². The molecule has 140 valence electrons. The third-order valence-electron chi connectivity index (χ3n) is 3.65. The maximum atomic E-state index is 12.5. The molecule has 0 saturated heterocycles. The Hall–Kier alpha value is -1.80. The van der Waals surface area contributed by atoms with E-state index >= 15 is 0 Å². The predicted molar refractivity (Wildman–Crippen MR) is 102 cm³/mol. The smallest absolute Gasteiger partial charge is 0.252 e. The van der Waals surface area contributed by atoms with Crippen molar-refractivity contribution in [1.29, 1.82) is 0 Å². The van der Waals surface area contributed by atoms with Crippen LogP contribution in [-0.4, -0.2) is 35.0 Å². The van der Waals surface area contributed by atoms with Crippen molar-refractivity contribution in [3.8, 4) is 5.75 Å². The van der Waals surface area contributed by atoms with Crippen molar-refractivity contribution in [1.82, 2.24) is 10.0 Å². The van der Waals surface area contributed by atoms with Gasteiger partial charge >= 0.3 is 0 Å². The van der Waals surface area contributed by atoms with Gasteiger partial charge in [0.05, 0.1) is 22.7 Å². The zero-order valence-corrected chi connectivity index (χ0v) is 16.5. The minimum absolute atomic E-state index is 0.0362. The molecule has 2 aromatic rings. The van der Waals surface area contributed by atoms with Gasteiger partial charge in [-0.2, -0.15) is 0 Å². The summed E-state index contributed by atoms with van der Waals surface area (Å²) in [6.07, 6.45) is 0.483. The van der Waals surface area contributed by atoms with Gasteiger partial charge in [-0.15, -0.1) is 0 Å². The Balaban J connectivity index is 2.15. The highest BCUT2D eigenvalue weighted by Crippen LogP contribution is 2.28. The van der Waals surface area contributed by atoms with E-state index in [2.05, 4.69) is 10.0 Å². The van der Waals surface area contributed by atoms with Gasteiger partial charge in [0.15, 0.2) is 0 Å². The molecule has 0 fully saturated rings. The first-order valence-corrected chi connectivity index (χ1v) is 9.86. The van der Waals surface area contributed by atoms with Crippen LogP contribution in [-0.2, 0) is 16.4 Å². The third kappa shape index (κ3) is 4.88. The molecule has 0 aliphatic rings. The molecule has 0 saturated carbocycles. The van der Waals surface area contributed by atoms with E-state index in [1.54, 1.807) is 19.2 Å². The van der Waals surface area contributed by atoms with Gasteiger partial charge in [-0.1, -0.05) is 35.3 Å². The summed E-state index contributed by atoms with van der Waals surface area (Å²) in [5.41, 5.74) is 0.982. The average molecular weight is 417 g/mol. The molecule has 2 aromatic carbocycles. The van der Waals surface area contributed by atoms with Crippen LogP contribution in [0.4, 0.5) is 0 Å². The predicted octanol–water partition coefficient (Wildman–Crippen LogP) is 2.88. The topological polar surface area (TPSA) is 84.5 Å². The zero-order valence-electron chi connectivity index (χ0n) is 14.2. The number of nitrogens with one attached hydrogen (secondary N) is 2. The number of hydrogen-bond acceptors (Lipinski definition) is 4. The summed E-state index contributed by atoms with van der Waals surface area (Å²) in [5, 5.41) is 2.42. The number of amides is 1. The SMILES string of the molecule is CNC(=O)c1cc(S(=O)(=O)NCCc2ccc(OC)cc2)c(Cl)cc1Cl. The van der Waals surface area contributed by atoms with Crippen LogP contribution in [0, 0.1) is 0 Å². The molecule has 1 amide bonds. The van der Waals surface area contributed by atoms with Crippen molar-refractivity contribution < 1.29 is 17.9 Å². The van der Waals surface area contributed by atoms with Crippen LogP contribution in [0.5, 0.6) is 5.75 Å². The van der Waals surface area contributed by atoms with E-state index in [1.165, 1.54) is 19.2 Å². The first kappa shape index (κ1) is 20.5. The summed E-state index contributed by atoms with van der Waals surface area (Å²) in [6.45, 7) is 0.170. The Morgan fingerprint density at radius 2 is 1.77 bits per heavy atom. The highest BCUT2D eigenvalue weighted by molar-refractivity contribution is 7.89. The molecule has 0 bridgehead atoms. The summed E-state index contributed by atoms with van der Waals surface area (Å²) in [4.78, 5) is 11.6.